The number of hydrogen-bond acceptors (Lipinski definition) is 4. The van der Waals surface area contributed by atoms with Gasteiger partial charge in [0.1, 0.15) is 6.61 Å². The summed E-state index contributed by atoms with van der Waals surface area (Å²) in [5.41, 5.74) is 0. The number of amides is 1. The van der Waals surface area contributed by atoms with Gasteiger partial charge in [0.2, 0.25) is 0 Å². The minimum atomic E-state index is -0.929. The fourth-order valence-electron chi connectivity index (χ4n) is 1.86. The van der Waals surface area contributed by atoms with Crippen LogP contribution in [-0.4, -0.2) is 54.0 Å². The normalized spacial score (nSPS) is 30.7. The average molecular weight is 215 g/mol. The van der Waals surface area contributed by atoms with E-state index < -0.39 is 12.1 Å². The molecular weight excluding hydrogens is 202 g/mol. The Morgan fingerprint density at radius 2 is 2.33 bits per heavy atom. The molecule has 0 aromatic heterocycles. The largest absolute Gasteiger partial charge is 0.479 e. The van der Waals surface area contributed by atoms with E-state index in [-0.39, 0.29) is 12.2 Å². The first-order chi connectivity index (χ1) is 7.16. The van der Waals surface area contributed by atoms with Crippen molar-refractivity contribution >= 4 is 12.1 Å². The monoisotopic (exact) mass is 215 g/mol. The molecule has 2 fully saturated rings. The van der Waals surface area contributed by atoms with Gasteiger partial charge in [0.05, 0.1) is 19.2 Å². The zero-order valence-corrected chi connectivity index (χ0v) is 8.22. The van der Waals surface area contributed by atoms with E-state index >= 15 is 0 Å². The SMILES string of the molecule is O=C(O)C1CCC(CN2CCOC2=O)O1. The maximum absolute atomic E-state index is 11.1. The van der Waals surface area contributed by atoms with Crippen LogP contribution in [0.1, 0.15) is 12.8 Å². The van der Waals surface area contributed by atoms with E-state index in [1.165, 1.54) is 0 Å². The molecule has 0 spiro atoms. The Labute approximate surface area is 86.8 Å². The van der Waals surface area contributed by atoms with Crippen molar-refractivity contribution in [2.45, 2.75) is 25.0 Å². The van der Waals surface area contributed by atoms with Gasteiger partial charge >= 0.3 is 12.1 Å². The molecule has 0 saturated carbocycles. The first kappa shape index (κ1) is 10.2. The van der Waals surface area contributed by atoms with Gasteiger partial charge in [-0.15, -0.1) is 0 Å². The Hall–Kier alpha value is -1.30. The van der Waals surface area contributed by atoms with Crippen LogP contribution in [-0.2, 0) is 14.3 Å². The van der Waals surface area contributed by atoms with Crippen molar-refractivity contribution in [3.8, 4) is 0 Å². The van der Waals surface area contributed by atoms with Gasteiger partial charge in [0, 0.05) is 0 Å². The van der Waals surface area contributed by atoms with Gasteiger partial charge in [0.15, 0.2) is 6.10 Å². The maximum Gasteiger partial charge on any atom is 0.410 e. The molecule has 2 heterocycles. The van der Waals surface area contributed by atoms with Crippen molar-refractivity contribution in [3.63, 3.8) is 0 Å². The van der Waals surface area contributed by atoms with Crippen molar-refractivity contribution in [2.24, 2.45) is 0 Å². The van der Waals surface area contributed by atoms with Gasteiger partial charge in [0.25, 0.3) is 0 Å². The number of rotatable bonds is 3. The third-order valence-corrected chi connectivity index (χ3v) is 2.65. The Morgan fingerprint density at radius 1 is 1.53 bits per heavy atom. The average Bonchev–Trinajstić information content (AvgIpc) is 2.77. The molecule has 0 aromatic rings. The molecule has 6 nitrogen and oxygen atoms in total. The van der Waals surface area contributed by atoms with Crippen LogP contribution in [0.5, 0.6) is 0 Å². The minimum Gasteiger partial charge on any atom is -0.479 e. The highest BCUT2D eigenvalue weighted by molar-refractivity contribution is 5.72. The van der Waals surface area contributed by atoms with Crippen LogP contribution < -0.4 is 0 Å². The van der Waals surface area contributed by atoms with Gasteiger partial charge < -0.3 is 19.5 Å². The fourth-order valence-corrected chi connectivity index (χ4v) is 1.86. The summed E-state index contributed by atoms with van der Waals surface area (Å²) in [4.78, 5) is 23.3. The highest BCUT2D eigenvalue weighted by atomic mass is 16.6. The second kappa shape index (κ2) is 4.06. The number of carboxylic acids is 1. The quantitative estimate of drug-likeness (QED) is 0.721. The number of carbonyl (C=O) groups excluding carboxylic acids is 1. The van der Waals surface area contributed by atoms with Crippen LogP contribution in [0.25, 0.3) is 0 Å². The lowest BCUT2D eigenvalue weighted by Crippen LogP contribution is -2.34. The molecule has 2 aliphatic rings. The second-order valence-corrected chi connectivity index (χ2v) is 3.72. The van der Waals surface area contributed by atoms with Crippen molar-refractivity contribution in [1.82, 2.24) is 4.90 Å². The van der Waals surface area contributed by atoms with E-state index in [2.05, 4.69) is 0 Å². The van der Waals surface area contributed by atoms with Gasteiger partial charge in [-0.25, -0.2) is 9.59 Å². The summed E-state index contributed by atoms with van der Waals surface area (Å²) in [5.74, 6) is -0.929. The summed E-state index contributed by atoms with van der Waals surface area (Å²) >= 11 is 0. The number of aliphatic carboxylic acids is 1. The predicted octanol–water partition coefficient (Wildman–Crippen LogP) is 0.0708. The number of nitrogens with zero attached hydrogens (tertiary/aromatic N) is 1. The number of ether oxygens (including phenoxy) is 2. The molecule has 2 rings (SSSR count). The van der Waals surface area contributed by atoms with Crippen LogP contribution in [0.2, 0.25) is 0 Å². The lowest BCUT2D eigenvalue weighted by atomic mass is 10.2. The molecule has 6 heteroatoms. The summed E-state index contributed by atoms with van der Waals surface area (Å²) in [5, 5.41) is 8.71. The van der Waals surface area contributed by atoms with E-state index in [0.29, 0.717) is 32.5 Å². The number of cyclic esters (lactones) is 1. The summed E-state index contributed by atoms with van der Waals surface area (Å²) in [6, 6.07) is 0. The highest BCUT2D eigenvalue weighted by Gasteiger charge is 2.33. The molecule has 2 unspecified atom stereocenters. The summed E-state index contributed by atoms with van der Waals surface area (Å²) in [7, 11) is 0. The Bertz CT molecular complexity index is 280. The molecule has 84 valence electrons. The molecule has 0 aliphatic carbocycles. The van der Waals surface area contributed by atoms with Gasteiger partial charge in [-0.2, -0.15) is 0 Å². The van der Waals surface area contributed by atoms with Crippen LogP contribution in [0, 0.1) is 0 Å². The third-order valence-electron chi connectivity index (χ3n) is 2.65. The molecule has 2 aliphatic heterocycles. The molecule has 2 atom stereocenters. The molecule has 0 bridgehead atoms. The second-order valence-electron chi connectivity index (χ2n) is 3.72. The fraction of sp³-hybridized carbons (Fsp3) is 0.778. The number of carbonyl (C=O) groups is 2. The maximum atomic E-state index is 11.1. The van der Waals surface area contributed by atoms with E-state index in [1.54, 1.807) is 4.90 Å². The standard InChI is InChI=1S/C9H13NO5/c11-8(12)7-2-1-6(15-7)5-10-3-4-14-9(10)13/h6-7H,1-5H2,(H,11,12). The van der Waals surface area contributed by atoms with Crippen LogP contribution in [0.15, 0.2) is 0 Å². The van der Waals surface area contributed by atoms with Crippen LogP contribution >= 0.6 is 0 Å². The topological polar surface area (TPSA) is 76.1 Å². The van der Waals surface area contributed by atoms with Crippen molar-refractivity contribution in [2.75, 3.05) is 19.7 Å². The van der Waals surface area contributed by atoms with Crippen molar-refractivity contribution < 1.29 is 24.2 Å². The van der Waals surface area contributed by atoms with Gasteiger partial charge in [-0.1, -0.05) is 0 Å². The molecule has 1 N–H and O–H groups in total. The summed E-state index contributed by atoms with van der Waals surface area (Å²) < 4.78 is 10.0. The minimum absolute atomic E-state index is 0.170. The molecule has 0 aromatic carbocycles. The Morgan fingerprint density at radius 3 is 2.87 bits per heavy atom. The highest BCUT2D eigenvalue weighted by Crippen LogP contribution is 2.21. The Balaban J connectivity index is 1.81. The molecular formula is C9H13NO5. The molecule has 0 radical (unpaired) electrons. The van der Waals surface area contributed by atoms with E-state index in [1.807, 2.05) is 0 Å². The lowest BCUT2D eigenvalue weighted by Gasteiger charge is -2.17. The third kappa shape index (κ3) is 2.20. The van der Waals surface area contributed by atoms with Gasteiger partial charge in [-0.05, 0) is 12.8 Å². The first-order valence-corrected chi connectivity index (χ1v) is 4.97. The van der Waals surface area contributed by atoms with Crippen LogP contribution in [0.3, 0.4) is 0 Å². The zero-order valence-electron chi connectivity index (χ0n) is 8.22. The Kier molecular flexibility index (Phi) is 2.77. The van der Waals surface area contributed by atoms with Crippen molar-refractivity contribution in [3.05, 3.63) is 0 Å². The zero-order chi connectivity index (χ0) is 10.8. The smallest absolute Gasteiger partial charge is 0.410 e. The lowest BCUT2D eigenvalue weighted by molar-refractivity contribution is -0.149. The molecule has 15 heavy (non-hydrogen) atoms. The molecule has 1 amide bonds. The number of hydrogen-bond donors (Lipinski definition) is 1. The van der Waals surface area contributed by atoms with Crippen molar-refractivity contribution in [1.29, 1.82) is 0 Å². The predicted molar refractivity (Wildman–Crippen MR) is 48.5 cm³/mol. The van der Waals surface area contributed by atoms with E-state index in [9.17, 15) is 9.59 Å². The summed E-state index contributed by atoms with van der Waals surface area (Å²) in [6.07, 6.45) is -0.0216. The molecule has 2 saturated heterocycles. The number of carboxylic acid groups (broad SMARTS) is 1. The van der Waals surface area contributed by atoms with E-state index in [0.717, 1.165) is 0 Å². The summed E-state index contributed by atoms with van der Waals surface area (Å²) in [6.45, 7) is 1.41. The van der Waals surface area contributed by atoms with Gasteiger partial charge in [-0.3, -0.25) is 0 Å². The van der Waals surface area contributed by atoms with Crippen LogP contribution in [0.4, 0.5) is 4.79 Å². The first-order valence-electron chi connectivity index (χ1n) is 4.97. The van der Waals surface area contributed by atoms with E-state index in [4.69, 9.17) is 14.6 Å².